The van der Waals surface area contributed by atoms with Crippen LogP contribution in [0.15, 0.2) is 66.9 Å². The van der Waals surface area contributed by atoms with Crippen molar-refractivity contribution in [2.45, 2.75) is 83.1 Å². The summed E-state index contributed by atoms with van der Waals surface area (Å²) in [4.78, 5) is 0. The van der Waals surface area contributed by atoms with E-state index in [9.17, 15) is 0 Å². The molecular formula is C28H40N4O2Si. The minimum absolute atomic E-state index is 0.0674. The van der Waals surface area contributed by atoms with Gasteiger partial charge in [0.05, 0.1) is 18.9 Å². The van der Waals surface area contributed by atoms with Gasteiger partial charge in [0.2, 0.25) is 0 Å². The predicted molar refractivity (Wildman–Crippen MR) is 143 cm³/mol. The first kappa shape index (κ1) is 25.8. The van der Waals surface area contributed by atoms with Gasteiger partial charge in [-0.25, -0.2) is 0 Å². The zero-order valence-electron chi connectivity index (χ0n) is 22.0. The van der Waals surface area contributed by atoms with E-state index in [1.54, 1.807) is 0 Å². The van der Waals surface area contributed by atoms with Gasteiger partial charge in [-0.1, -0.05) is 86.6 Å². The number of nitrogens with one attached hydrogen (secondary N) is 1. The zero-order chi connectivity index (χ0) is 25.1. The van der Waals surface area contributed by atoms with Crippen molar-refractivity contribution in [3.05, 3.63) is 83.7 Å². The molecule has 1 aliphatic heterocycles. The van der Waals surface area contributed by atoms with E-state index in [1.165, 1.54) is 11.1 Å². The Morgan fingerprint density at radius 2 is 1.60 bits per heavy atom. The van der Waals surface area contributed by atoms with Gasteiger partial charge in [-0.15, -0.1) is 5.10 Å². The summed E-state index contributed by atoms with van der Waals surface area (Å²) < 4.78 is 15.6. The third-order valence-electron chi connectivity index (χ3n) is 7.59. The Kier molecular flexibility index (Phi) is 7.62. The van der Waals surface area contributed by atoms with Crippen molar-refractivity contribution in [2.75, 3.05) is 6.54 Å². The van der Waals surface area contributed by atoms with Crippen LogP contribution in [-0.4, -0.2) is 42.0 Å². The Morgan fingerprint density at radius 3 is 2.11 bits per heavy atom. The summed E-state index contributed by atoms with van der Waals surface area (Å²) >= 11 is 0. The highest BCUT2D eigenvalue weighted by Gasteiger charge is 2.52. The number of ether oxygens (including phenoxy) is 1. The molecule has 4 rings (SSSR count). The maximum atomic E-state index is 7.47. The van der Waals surface area contributed by atoms with Crippen molar-refractivity contribution in [1.29, 1.82) is 0 Å². The number of benzene rings is 2. The van der Waals surface area contributed by atoms with Gasteiger partial charge in [0.15, 0.2) is 8.32 Å². The first-order chi connectivity index (χ1) is 16.7. The van der Waals surface area contributed by atoms with E-state index in [0.717, 1.165) is 25.2 Å². The predicted octanol–water partition coefficient (Wildman–Crippen LogP) is 5.51. The average Bonchev–Trinajstić information content (AvgIpc) is 3.51. The molecule has 3 aromatic rings. The lowest BCUT2D eigenvalue weighted by atomic mass is 9.79. The summed E-state index contributed by atoms with van der Waals surface area (Å²) in [7, 11) is -2.17. The van der Waals surface area contributed by atoms with Crippen LogP contribution in [0.4, 0.5) is 0 Å². The second-order valence-electron chi connectivity index (χ2n) is 11.0. The third kappa shape index (κ3) is 5.43. The Morgan fingerprint density at radius 1 is 1.00 bits per heavy atom. The summed E-state index contributed by atoms with van der Waals surface area (Å²) in [5, 5.41) is 12.2. The second-order valence-corrected chi connectivity index (χ2v) is 15.7. The molecule has 0 amide bonds. The lowest BCUT2D eigenvalue weighted by Gasteiger charge is -2.49. The van der Waals surface area contributed by atoms with Crippen LogP contribution in [-0.2, 0) is 27.9 Å². The molecule has 7 heteroatoms. The summed E-state index contributed by atoms with van der Waals surface area (Å²) in [6.07, 6.45) is 2.88. The SMILES string of the molecule is CCn1cc(CO[C@H]2CN[C@H](C(O[Si](C)(C)C(C)(C)C)(c3ccccc3)c3ccccc3)C2)nn1. The van der Waals surface area contributed by atoms with Crippen LogP contribution in [0.2, 0.25) is 18.1 Å². The molecule has 0 bridgehead atoms. The molecule has 1 N–H and O–H groups in total. The average molecular weight is 493 g/mol. The zero-order valence-corrected chi connectivity index (χ0v) is 23.0. The van der Waals surface area contributed by atoms with Crippen LogP contribution in [0.1, 0.15) is 50.9 Å². The number of nitrogens with zero attached hydrogens (tertiary/aromatic N) is 3. The number of aromatic nitrogens is 3. The Hall–Kier alpha value is -2.32. The van der Waals surface area contributed by atoms with E-state index in [4.69, 9.17) is 9.16 Å². The molecule has 35 heavy (non-hydrogen) atoms. The van der Waals surface area contributed by atoms with E-state index in [1.807, 2.05) is 10.9 Å². The van der Waals surface area contributed by atoms with Crippen molar-refractivity contribution < 1.29 is 9.16 Å². The maximum Gasteiger partial charge on any atom is 0.193 e. The molecule has 188 valence electrons. The molecule has 1 aromatic heterocycles. The molecule has 2 aromatic carbocycles. The molecule has 1 saturated heterocycles. The molecule has 6 nitrogen and oxygen atoms in total. The molecular weight excluding hydrogens is 452 g/mol. The highest BCUT2D eigenvalue weighted by Crippen LogP contribution is 2.47. The molecule has 0 saturated carbocycles. The molecule has 1 fully saturated rings. The van der Waals surface area contributed by atoms with Gasteiger partial charge in [0.25, 0.3) is 0 Å². The van der Waals surface area contributed by atoms with Crippen LogP contribution < -0.4 is 5.32 Å². The fourth-order valence-electron chi connectivity index (χ4n) is 4.59. The van der Waals surface area contributed by atoms with E-state index in [2.05, 4.69) is 117 Å². The van der Waals surface area contributed by atoms with Gasteiger partial charge in [-0.05, 0) is 42.6 Å². The van der Waals surface area contributed by atoms with Crippen LogP contribution in [0.5, 0.6) is 0 Å². The number of hydrogen-bond acceptors (Lipinski definition) is 5. The molecule has 2 atom stereocenters. The summed E-state index contributed by atoms with van der Waals surface area (Å²) in [6.45, 7) is 15.7. The molecule has 0 radical (unpaired) electrons. The van der Waals surface area contributed by atoms with Gasteiger partial charge in [0, 0.05) is 19.1 Å². The highest BCUT2D eigenvalue weighted by molar-refractivity contribution is 6.74. The normalized spacial score (nSPS) is 19.3. The van der Waals surface area contributed by atoms with Crippen LogP contribution in [0.3, 0.4) is 0 Å². The summed E-state index contributed by atoms with van der Waals surface area (Å²) in [5.41, 5.74) is 2.61. The minimum atomic E-state index is -2.17. The largest absolute Gasteiger partial charge is 0.402 e. The standard InChI is InChI=1S/C28H40N4O2Si/c1-7-32-20-24(30-31-32)21-33-25-18-26(29-19-25)28(22-14-10-8-11-15-22,23-16-12-9-13-17-23)34-35(5,6)27(2,3)4/h8-17,20,25-26,29H,7,18-19,21H2,1-6H3/t25-,26+/m1/s1. The first-order valence-corrected chi connectivity index (χ1v) is 15.6. The van der Waals surface area contributed by atoms with Crippen molar-refractivity contribution in [1.82, 2.24) is 20.3 Å². The topological polar surface area (TPSA) is 61.2 Å². The van der Waals surface area contributed by atoms with Gasteiger partial charge >= 0.3 is 0 Å². The van der Waals surface area contributed by atoms with E-state index in [-0.39, 0.29) is 17.2 Å². The van der Waals surface area contributed by atoms with Gasteiger partial charge in [-0.3, -0.25) is 4.68 Å². The van der Waals surface area contributed by atoms with Crippen LogP contribution >= 0.6 is 0 Å². The number of hydrogen-bond donors (Lipinski definition) is 1. The maximum absolute atomic E-state index is 7.47. The molecule has 0 unspecified atom stereocenters. The van der Waals surface area contributed by atoms with E-state index < -0.39 is 13.9 Å². The number of rotatable bonds is 9. The van der Waals surface area contributed by atoms with Crippen molar-refractivity contribution in [3.63, 3.8) is 0 Å². The van der Waals surface area contributed by atoms with Crippen molar-refractivity contribution in [2.24, 2.45) is 0 Å². The molecule has 0 spiro atoms. The van der Waals surface area contributed by atoms with Crippen LogP contribution in [0.25, 0.3) is 0 Å². The third-order valence-corrected chi connectivity index (χ3v) is 12.0. The Balaban J connectivity index is 1.68. The summed E-state index contributed by atoms with van der Waals surface area (Å²) in [6, 6.07) is 21.5. The molecule has 0 aliphatic carbocycles. The van der Waals surface area contributed by atoms with Crippen molar-refractivity contribution >= 4 is 8.32 Å². The van der Waals surface area contributed by atoms with Crippen LogP contribution in [0, 0.1) is 0 Å². The fraction of sp³-hybridized carbons (Fsp3) is 0.500. The van der Waals surface area contributed by atoms with Gasteiger partial charge in [-0.2, -0.15) is 0 Å². The van der Waals surface area contributed by atoms with E-state index in [0.29, 0.717) is 6.61 Å². The van der Waals surface area contributed by atoms with Gasteiger partial charge < -0.3 is 14.5 Å². The minimum Gasteiger partial charge on any atom is -0.402 e. The fourth-order valence-corrected chi connectivity index (χ4v) is 6.08. The Bertz CT molecular complexity index is 1040. The smallest absolute Gasteiger partial charge is 0.193 e. The number of aryl methyl sites for hydroxylation is 1. The Labute approximate surface area is 211 Å². The second kappa shape index (κ2) is 10.3. The monoisotopic (exact) mass is 492 g/mol. The van der Waals surface area contributed by atoms with Gasteiger partial charge in [0.1, 0.15) is 11.3 Å². The lowest BCUT2D eigenvalue weighted by Crippen LogP contribution is -2.56. The summed E-state index contributed by atoms with van der Waals surface area (Å²) in [5.74, 6) is 0. The quantitative estimate of drug-likeness (QED) is 0.399. The lowest BCUT2D eigenvalue weighted by molar-refractivity contribution is 0.0286. The highest BCUT2D eigenvalue weighted by atomic mass is 28.4. The van der Waals surface area contributed by atoms with Crippen molar-refractivity contribution in [3.8, 4) is 0 Å². The first-order valence-electron chi connectivity index (χ1n) is 12.7. The molecule has 2 heterocycles. The molecule has 1 aliphatic rings. The van der Waals surface area contributed by atoms with E-state index >= 15 is 0 Å².